The SMILES string of the molecule is Cl.NC1(c2noc(-c3nnn(-c4ccc(F)cc4)c3C(F)(F)F)n2)CCCC1. The minimum atomic E-state index is -4.81. The molecule has 0 saturated heterocycles. The van der Waals surface area contributed by atoms with Crippen molar-refractivity contribution in [1.29, 1.82) is 0 Å². The van der Waals surface area contributed by atoms with Gasteiger partial charge in [0.15, 0.2) is 17.2 Å². The van der Waals surface area contributed by atoms with Crippen molar-refractivity contribution in [3.63, 3.8) is 0 Å². The predicted molar refractivity (Wildman–Crippen MR) is 91.2 cm³/mol. The first-order valence-corrected chi connectivity index (χ1v) is 8.20. The highest BCUT2D eigenvalue weighted by molar-refractivity contribution is 5.85. The second-order valence-electron chi connectivity index (χ2n) is 6.46. The van der Waals surface area contributed by atoms with E-state index in [1.54, 1.807) is 0 Å². The van der Waals surface area contributed by atoms with Crippen LogP contribution in [0.5, 0.6) is 0 Å². The number of alkyl halides is 3. The molecule has 0 aliphatic heterocycles. The number of rotatable bonds is 3. The zero-order valence-corrected chi connectivity index (χ0v) is 15.1. The molecule has 0 amide bonds. The molecule has 0 atom stereocenters. The fourth-order valence-electron chi connectivity index (χ4n) is 3.19. The molecule has 0 radical (unpaired) electrons. The Labute approximate surface area is 162 Å². The first-order chi connectivity index (χ1) is 12.8. The van der Waals surface area contributed by atoms with Gasteiger partial charge in [0.25, 0.3) is 5.89 Å². The van der Waals surface area contributed by atoms with Gasteiger partial charge in [-0.15, -0.1) is 17.5 Å². The van der Waals surface area contributed by atoms with Gasteiger partial charge in [-0.05, 0) is 37.1 Å². The van der Waals surface area contributed by atoms with E-state index in [9.17, 15) is 17.6 Å². The number of nitrogens with two attached hydrogens (primary N) is 1. The second kappa shape index (κ2) is 7.13. The minimum absolute atomic E-state index is 0. The van der Waals surface area contributed by atoms with Crippen LogP contribution in [0.2, 0.25) is 0 Å². The van der Waals surface area contributed by atoms with Crippen molar-refractivity contribution < 1.29 is 22.1 Å². The number of aromatic nitrogens is 5. The summed E-state index contributed by atoms with van der Waals surface area (Å²) < 4.78 is 59.7. The lowest BCUT2D eigenvalue weighted by Crippen LogP contribution is -2.34. The standard InChI is InChI=1S/C16H14F4N6O.ClH/c17-9-3-5-10(6-4-9)26-12(16(18,19)20)11(23-25-26)13-22-14(24-27-13)15(21)7-1-2-8-15;/h3-6H,1-2,7-8,21H2;1H. The van der Waals surface area contributed by atoms with Crippen LogP contribution in [-0.2, 0) is 11.7 Å². The van der Waals surface area contributed by atoms with Crippen molar-refractivity contribution in [3.05, 3.63) is 41.6 Å². The Morgan fingerprint density at radius 3 is 2.36 bits per heavy atom. The summed E-state index contributed by atoms with van der Waals surface area (Å²) in [6.07, 6.45) is -1.79. The van der Waals surface area contributed by atoms with E-state index in [-0.39, 0.29) is 23.9 Å². The van der Waals surface area contributed by atoms with Crippen molar-refractivity contribution in [2.45, 2.75) is 37.4 Å². The summed E-state index contributed by atoms with van der Waals surface area (Å²) in [5.74, 6) is -0.846. The maximum absolute atomic E-state index is 13.7. The summed E-state index contributed by atoms with van der Waals surface area (Å²) in [5.41, 5.74) is 3.61. The smallest absolute Gasteiger partial charge is 0.332 e. The molecule has 12 heteroatoms. The lowest BCUT2D eigenvalue weighted by molar-refractivity contribution is -0.142. The molecule has 1 aliphatic carbocycles. The van der Waals surface area contributed by atoms with Crippen LogP contribution in [0, 0.1) is 5.82 Å². The molecule has 1 saturated carbocycles. The van der Waals surface area contributed by atoms with Crippen molar-refractivity contribution in [3.8, 4) is 17.3 Å². The van der Waals surface area contributed by atoms with E-state index in [0.29, 0.717) is 17.5 Å². The molecule has 2 N–H and O–H groups in total. The minimum Gasteiger partial charge on any atom is -0.332 e. The summed E-state index contributed by atoms with van der Waals surface area (Å²) in [6, 6.07) is 4.38. The van der Waals surface area contributed by atoms with E-state index in [1.165, 1.54) is 0 Å². The Balaban J connectivity index is 0.00000225. The number of halogens is 5. The molecule has 1 aromatic carbocycles. The van der Waals surface area contributed by atoms with E-state index in [4.69, 9.17) is 10.3 Å². The van der Waals surface area contributed by atoms with Crippen molar-refractivity contribution in [2.75, 3.05) is 0 Å². The fourth-order valence-corrected chi connectivity index (χ4v) is 3.19. The maximum Gasteiger partial charge on any atom is 0.435 e. The molecular weight excluding hydrogens is 404 g/mol. The second-order valence-corrected chi connectivity index (χ2v) is 6.46. The molecule has 150 valence electrons. The van der Waals surface area contributed by atoms with Crippen LogP contribution in [0.3, 0.4) is 0 Å². The van der Waals surface area contributed by atoms with E-state index < -0.39 is 34.8 Å². The molecule has 1 fully saturated rings. The lowest BCUT2D eigenvalue weighted by Gasteiger charge is -2.17. The Morgan fingerprint density at radius 1 is 1.11 bits per heavy atom. The Hall–Kier alpha value is -2.53. The summed E-state index contributed by atoms with van der Waals surface area (Å²) in [5, 5.41) is 10.9. The maximum atomic E-state index is 13.7. The van der Waals surface area contributed by atoms with Crippen LogP contribution in [0.4, 0.5) is 17.6 Å². The summed E-state index contributed by atoms with van der Waals surface area (Å²) in [7, 11) is 0. The summed E-state index contributed by atoms with van der Waals surface area (Å²) >= 11 is 0. The van der Waals surface area contributed by atoms with Crippen molar-refractivity contribution >= 4 is 12.4 Å². The van der Waals surface area contributed by atoms with E-state index in [0.717, 1.165) is 37.1 Å². The van der Waals surface area contributed by atoms with Crippen LogP contribution in [0.25, 0.3) is 17.3 Å². The van der Waals surface area contributed by atoms with Crippen LogP contribution in [-0.4, -0.2) is 25.1 Å². The van der Waals surface area contributed by atoms with Gasteiger partial charge in [-0.3, -0.25) is 0 Å². The molecule has 7 nitrogen and oxygen atoms in total. The monoisotopic (exact) mass is 418 g/mol. The van der Waals surface area contributed by atoms with Gasteiger partial charge in [0.05, 0.1) is 11.2 Å². The lowest BCUT2D eigenvalue weighted by atomic mass is 9.99. The van der Waals surface area contributed by atoms with Crippen LogP contribution in [0.1, 0.15) is 37.2 Å². The van der Waals surface area contributed by atoms with Gasteiger partial charge in [0, 0.05) is 0 Å². The first-order valence-electron chi connectivity index (χ1n) is 8.20. The fraction of sp³-hybridized carbons (Fsp3) is 0.375. The molecule has 2 aromatic heterocycles. The molecule has 28 heavy (non-hydrogen) atoms. The molecule has 0 spiro atoms. The third-order valence-electron chi connectivity index (χ3n) is 4.58. The average Bonchev–Trinajstić information content (AvgIpc) is 3.33. The number of hydrogen-bond donors (Lipinski definition) is 1. The van der Waals surface area contributed by atoms with E-state index in [2.05, 4.69) is 20.5 Å². The number of benzene rings is 1. The average molecular weight is 419 g/mol. The zero-order valence-electron chi connectivity index (χ0n) is 14.3. The van der Waals surface area contributed by atoms with Gasteiger partial charge >= 0.3 is 6.18 Å². The topological polar surface area (TPSA) is 95.6 Å². The van der Waals surface area contributed by atoms with Gasteiger partial charge in [0.1, 0.15) is 5.82 Å². The molecule has 4 rings (SSSR count). The van der Waals surface area contributed by atoms with Gasteiger partial charge in [0.2, 0.25) is 0 Å². The molecule has 0 unspecified atom stereocenters. The number of nitrogens with zero attached hydrogens (tertiary/aromatic N) is 5. The Morgan fingerprint density at radius 2 is 1.75 bits per heavy atom. The Bertz CT molecular complexity index is 962. The Kier molecular flexibility index (Phi) is 5.15. The van der Waals surface area contributed by atoms with E-state index >= 15 is 0 Å². The number of hydrogen-bond acceptors (Lipinski definition) is 6. The molecule has 2 heterocycles. The van der Waals surface area contributed by atoms with Gasteiger partial charge in [-0.1, -0.05) is 23.2 Å². The first kappa shape index (κ1) is 20.2. The highest BCUT2D eigenvalue weighted by Crippen LogP contribution is 2.39. The zero-order chi connectivity index (χ0) is 19.2. The normalized spacial score (nSPS) is 16.2. The molecule has 0 bridgehead atoms. The third kappa shape index (κ3) is 3.47. The van der Waals surface area contributed by atoms with Crippen LogP contribution in [0.15, 0.2) is 28.8 Å². The third-order valence-corrected chi connectivity index (χ3v) is 4.58. The van der Waals surface area contributed by atoms with Crippen molar-refractivity contribution in [1.82, 2.24) is 25.1 Å². The van der Waals surface area contributed by atoms with Crippen molar-refractivity contribution in [2.24, 2.45) is 5.73 Å². The van der Waals surface area contributed by atoms with Gasteiger partial charge in [-0.2, -0.15) is 18.2 Å². The largest absolute Gasteiger partial charge is 0.435 e. The van der Waals surface area contributed by atoms with Gasteiger partial charge < -0.3 is 10.3 Å². The van der Waals surface area contributed by atoms with Crippen LogP contribution < -0.4 is 5.73 Å². The molecule has 1 aliphatic rings. The molecule has 3 aromatic rings. The van der Waals surface area contributed by atoms with Crippen LogP contribution >= 0.6 is 12.4 Å². The predicted octanol–water partition coefficient (Wildman–Crippen LogP) is 3.63. The quantitative estimate of drug-likeness (QED) is 0.652. The highest BCUT2D eigenvalue weighted by Gasteiger charge is 2.43. The summed E-state index contributed by atoms with van der Waals surface area (Å²) in [4.78, 5) is 4.05. The highest BCUT2D eigenvalue weighted by atomic mass is 35.5. The summed E-state index contributed by atoms with van der Waals surface area (Å²) in [6.45, 7) is 0. The molecular formula is C16H15ClF4N6O. The van der Waals surface area contributed by atoms with E-state index in [1.807, 2.05) is 0 Å². The van der Waals surface area contributed by atoms with Gasteiger partial charge in [-0.25, -0.2) is 9.07 Å².